The van der Waals surface area contributed by atoms with E-state index in [2.05, 4.69) is 0 Å². The molecule has 1 heterocycles. The number of thioether (sulfide) groups is 1. The Balaban J connectivity index is 2.38. The largest absolute Gasteiger partial charge is 0.395 e. The number of rotatable bonds is 1. The fourth-order valence-electron chi connectivity index (χ4n) is 0.871. The molecule has 0 saturated carbocycles. The van der Waals surface area contributed by atoms with Crippen molar-refractivity contribution in [2.24, 2.45) is 0 Å². The highest BCUT2D eigenvalue weighted by Crippen LogP contribution is 2.31. The first-order valence-electron chi connectivity index (χ1n) is 2.86. The third-order valence-corrected chi connectivity index (χ3v) is 2.70. The summed E-state index contributed by atoms with van der Waals surface area (Å²) in [5.41, 5.74) is -0.489. The Morgan fingerprint density at radius 1 is 1.44 bits per heavy atom. The second-order valence-electron chi connectivity index (χ2n) is 2.11. The molecule has 1 fully saturated rings. The molecule has 0 spiro atoms. The first-order valence-corrected chi connectivity index (χ1v) is 3.80. The zero-order valence-corrected chi connectivity index (χ0v) is 5.71. The van der Waals surface area contributed by atoms with Crippen LogP contribution in [0.5, 0.6) is 0 Å². The summed E-state index contributed by atoms with van der Waals surface area (Å²) in [6.45, 7) is -0.0527. The predicted molar refractivity (Wildman–Crippen MR) is 35.1 cm³/mol. The van der Waals surface area contributed by atoms with Crippen LogP contribution in [0.3, 0.4) is 0 Å². The van der Waals surface area contributed by atoms with Gasteiger partial charge in [0.15, 0.2) is 0 Å². The van der Waals surface area contributed by atoms with Gasteiger partial charge in [-0.05, 0) is 0 Å². The predicted octanol–water partition coefficient (Wildman–Crippen LogP) is -0.837. The maximum Gasteiger partial charge on any atom is 0.102 e. The third kappa shape index (κ3) is 1.58. The van der Waals surface area contributed by atoms with Gasteiger partial charge in [0, 0.05) is 6.42 Å². The molecule has 0 aromatic rings. The Morgan fingerprint density at radius 2 is 2.11 bits per heavy atom. The van der Waals surface area contributed by atoms with E-state index in [1.807, 2.05) is 0 Å². The zero-order valence-electron chi connectivity index (χ0n) is 4.90. The molecular formula is C5H10O3S. The van der Waals surface area contributed by atoms with Crippen molar-refractivity contribution in [3.05, 3.63) is 0 Å². The van der Waals surface area contributed by atoms with Gasteiger partial charge >= 0.3 is 0 Å². The standard InChI is InChI=1S/C5H10O3S/c6-2-4-3(7)1-5(8)9-4/h3-8H,1-2H2/t3-,4+,5+/m0/s1. The van der Waals surface area contributed by atoms with Gasteiger partial charge in [0.25, 0.3) is 0 Å². The van der Waals surface area contributed by atoms with Crippen molar-refractivity contribution in [2.75, 3.05) is 6.61 Å². The summed E-state index contributed by atoms with van der Waals surface area (Å²) in [4.78, 5) is 0. The molecule has 1 rings (SSSR count). The second kappa shape index (κ2) is 2.88. The SMILES string of the molecule is OC[C@H]1S[C@@H](O)C[C@@H]1O. The molecule has 0 aliphatic carbocycles. The minimum atomic E-state index is -0.532. The Hall–Kier alpha value is 0.230. The topological polar surface area (TPSA) is 60.7 Å². The maximum absolute atomic E-state index is 9.02. The van der Waals surface area contributed by atoms with Crippen LogP contribution in [0.15, 0.2) is 0 Å². The van der Waals surface area contributed by atoms with Crippen molar-refractivity contribution in [1.29, 1.82) is 0 Å². The Kier molecular flexibility index (Phi) is 2.35. The summed E-state index contributed by atoms with van der Waals surface area (Å²) in [5, 5.41) is 26.3. The van der Waals surface area contributed by atoms with E-state index in [9.17, 15) is 0 Å². The van der Waals surface area contributed by atoms with E-state index in [-0.39, 0.29) is 11.9 Å². The van der Waals surface area contributed by atoms with E-state index >= 15 is 0 Å². The van der Waals surface area contributed by atoms with Crippen molar-refractivity contribution in [3.63, 3.8) is 0 Å². The molecule has 0 unspecified atom stereocenters. The van der Waals surface area contributed by atoms with Gasteiger partial charge in [0.2, 0.25) is 0 Å². The quantitative estimate of drug-likeness (QED) is 0.456. The summed E-state index contributed by atoms with van der Waals surface area (Å²) < 4.78 is 0. The van der Waals surface area contributed by atoms with Crippen molar-refractivity contribution in [3.8, 4) is 0 Å². The fraction of sp³-hybridized carbons (Fsp3) is 1.00. The van der Waals surface area contributed by atoms with Crippen molar-refractivity contribution >= 4 is 11.8 Å². The van der Waals surface area contributed by atoms with Gasteiger partial charge in [0.05, 0.1) is 18.0 Å². The lowest BCUT2D eigenvalue weighted by Crippen LogP contribution is -2.20. The molecule has 9 heavy (non-hydrogen) atoms. The molecule has 0 aromatic heterocycles. The normalized spacial score (nSPS) is 43.7. The molecule has 1 aliphatic rings. The lowest BCUT2D eigenvalue weighted by molar-refractivity contribution is 0.118. The van der Waals surface area contributed by atoms with Crippen LogP contribution in [0.1, 0.15) is 6.42 Å². The molecule has 1 aliphatic heterocycles. The van der Waals surface area contributed by atoms with Gasteiger partial charge in [-0.25, -0.2) is 0 Å². The molecule has 3 N–H and O–H groups in total. The highest BCUT2D eigenvalue weighted by Gasteiger charge is 2.31. The van der Waals surface area contributed by atoms with E-state index < -0.39 is 11.5 Å². The first-order chi connectivity index (χ1) is 4.24. The Labute approximate surface area is 57.7 Å². The smallest absolute Gasteiger partial charge is 0.102 e. The lowest BCUT2D eigenvalue weighted by Gasteiger charge is -2.07. The fourth-order valence-corrected chi connectivity index (χ4v) is 1.96. The highest BCUT2D eigenvalue weighted by atomic mass is 32.2. The summed E-state index contributed by atoms with van der Waals surface area (Å²) in [6, 6.07) is 0. The average Bonchev–Trinajstić information content (AvgIpc) is 2.10. The van der Waals surface area contributed by atoms with E-state index in [1.165, 1.54) is 11.8 Å². The number of aliphatic hydroxyl groups excluding tert-OH is 3. The van der Waals surface area contributed by atoms with Gasteiger partial charge in [-0.15, -0.1) is 11.8 Å². The number of hydrogen-bond donors (Lipinski definition) is 3. The summed E-state index contributed by atoms with van der Waals surface area (Å²) in [7, 11) is 0. The van der Waals surface area contributed by atoms with Gasteiger partial charge in [-0.2, -0.15) is 0 Å². The summed E-state index contributed by atoms with van der Waals surface area (Å²) in [5.74, 6) is 0. The van der Waals surface area contributed by atoms with Crippen LogP contribution >= 0.6 is 11.8 Å². The molecule has 3 nitrogen and oxygen atoms in total. The van der Waals surface area contributed by atoms with Gasteiger partial charge in [-0.3, -0.25) is 0 Å². The molecule has 4 heteroatoms. The highest BCUT2D eigenvalue weighted by molar-refractivity contribution is 8.00. The van der Waals surface area contributed by atoms with E-state index in [0.29, 0.717) is 6.42 Å². The Bertz CT molecular complexity index is 98.2. The van der Waals surface area contributed by atoms with Crippen molar-refractivity contribution in [2.45, 2.75) is 23.2 Å². The molecule has 0 radical (unpaired) electrons. The molecule has 0 amide bonds. The zero-order chi connectivity index (χ0) is 6.85. The van der Waals surface area contributed by atoms with Crippen molar-refractivity contribution in [1.82, 2.24) is 0 Å². The average molecular weight is 150 g/mol. The van der Waals surface area contributed by atoms with Crippen LogP contribution in [-0.4, -0.2) is 38.7 Å². The van der Waals surface area contributed by atoms with E-state index in [0.717, 1.165) is 0 Å². The third-order valence-electron chi connectivity index (χ3n) is 1.38. The first kappa shape index (κ1) is 7.34. The van der Waals surface area contributed by atoms with Crippen LogP contribution in [0.25, 0.3) is 0 Å². The van der Waals surface area contributed by atoms with Crippen molar-refractivity contribution < 1.29 is 15.3 Å². The van der Waals surface area contributed by atoms with Gasteiger partial charge in [-0.1, -0.05) is 0 Å². The van der Waals surface area contributed by atoms with E-state index in [1.54, 1.807) is 0 Å². The molecule has 0 bridgehead atoms. The number of aliphatic hydroxyl groups is 3. The molecular weight excluding hydrogens is 140 g/mol. The monoisotopic (exact) mass is 150 g/mol. The maximum atomic E-state index is 9.02. The minimum Gasteiger partial charge on any atom is -0.395 e. The van der Waals surface area contributed by atoms with Gasteiger partial charge < -0.3 is 15.3 Å². The van der Waals surface area contributed by atoms with Gasteiger partial charge in [0.1, 0.15) is 5.44 Å². The van der Waals surface area contributed by atoms with Crippen LogP contribution < -0.4 is 0 Å². The summed E-state index contributed by atoms with van der Waals surface area (Å²) in [6.07, 6.45) is -0.148. The molecule has 3 atom stereocenters. The van der Waals surface area contributed by atoms with Crippen LogP contribution in [0.2, 0.25) is 0 Å². The van der Waals surface area contributed by atoms with E-state index in [4.69, 9.17) is 15.3 Å². The molecule has 0 aromatic carbocycles. The number of hydrogen-bond acceptors (Lipinski definition) is 4. The Morgan fingerprint density at radius 3 is 2.33 bits per heavy atom. The van der Waals surface area contributed by atoms with Crippen LogP contribution in [-0.2, 0) is 0 Å². The van der Waals surface area contributed by atoms with Crippen LogP contribution in [0.4, 0.5) is 0 Å². The van der Waals surface area contributed by atoms with Crippen LogP contribution in [0, 0.1) is 0 Å². The minimum absolute atomic E-state index is 0.0527. The molecule has 54 valence electrons. The lowest BCUT2D eigenvalue weighted by atomic mass is 10.2. The summed E-state index contributed by atoms with van der Waals surface area (Å²) >= 11 is 1.23. The second-order valence-corrected chi connectivity index (χ2v) is 3.54. The molecule has 1 saturated heterocycles.